The minimum atomic E-state index is -2.96. The molecule has 0 amide bonds. The zero-order valence-corrected chi connectivity index (χ0v) is 31.0. The molecule has 9 heteroatoms. The molecule has 1 aliphatic heterocycles. The number of carbonyl (C=O) groups is 1. The maximum Gasteiger partial charge on any atom is 0.311 e. The third-order valence-electron chi connectivity index (χ3n) is 11.3. The third kappa shape index (κ3) is 6.04. The van der Waals surface area contributed by atoms with Gasteiger partial charge in [0.1, 0.15) is 24.6 Å². The van der Waals surface area contributed by atoms with Crippen LogP contribution >= 0.6 is 0 Å². The lowest BCUT2D eigenvalue weighted by atomic mass is 9.49. The van der Waals surface area contributed by atoms with E-state index in [-0.39, 0.29) is 35.6 Å². The fraction of sp³-hybridized carbons (Fsp3) is 0.658. The van der Waals surface area contributed by atoms with E-state index in [1.807, 2.05) is 46.8 Å². The Bertz CT molecular complexity index is 1330. The second-order valence-electron chi connectivity index (χ2n) is 16.5. The summed E-state index contributed by atoms with van der Waals surface area (Å²) >= 11 is 0. The van der Waals surface area contributed by atoms with Gasteiger partial charge >= 0.3 is 5.97 Å². The van der Waals surface area contributed by atoms with Crippen LogP contribution in [0.5, 0.6) is 0 Å². The Labute approximate surface area is 282 Å². The Kier molecular flexibility index (Phi) is 9.98. The van der Waals surface area contributed by atoms with E-state index in [0.29, 0.717) is 25.9 Å². The van der Waals surface area contributed by atoms with Crippen LogP contribution in [-0.2, 0) is 33.2 Å². The highest BCUT2D eigenvalue weighted by Crippen LogP contribution is 2.68. The Morgan fingerprint density at radius 3 is 2.04 bits per heavy atom. The van der Waals surface area contributed by atoms with Crippen molar-refractivity contribution in [2.24, 2.45) is 28.6 Å². The number of hydrogen-bond acceptors (Lipinski definition) is 8. The molecule has 47 heavy (non-hydrogen) atoms. The topological polar surface area (TPSA) is 92.7 Å². The van der Waals surface area contributed by atoms with Crippen LogP contribution in [-0.4, -0.2) is 63.5 Å². The zero-order chi connectivity index (χ0) is 34.5. The zero-order valence-electron chi connectivity index (χ0n) is 30.0. The Hall–Kier alpha value is -2.11. The first kappa shape index (κ1) is 36.2. The van der Waals surface area contributed by atoms with Crippen molar-refractivity contribution in [3.8, 4) is 0 Å². The lowest BCUT2D eigenvalue weighted by Crippen LogP contribution is -2.73. The molecule has 1 N–H and O–H groups in total. The third-order valence-corrected chi connectivity index (χ3v) is 16.3. The molecular formula is C38H56O8Si. The van der Waals surface area contributed by atoms with Crippen molar-refractivity contribution in [2.45, 2.75) is 110 Å². The number of ether oxygens (including phenoxy) is 3. The number of hydrogen-bond donors (Lipinski definition) is 1. The first-order valence-electron chi connectivity index (χ1n) is 17.1. The molecule has 2 aliphatic carbocycles. The Morgan fingerprint density at radius 2 is 1.53 bits per heavy atom. The molecule has 260 valence electrons. The summed E-state index contributed by atoms with van der Waals surface area (Å²) in [6.45, 7) is 18.9. The Morgan fingerprint density at radius 1 is 0.957 bits per heavy atom. The first-order valence-corrected chi connectivity index (χ1v) is 19.0. The molecule has 2 saturated carbocycles. The fourth-order valence-corrected chi connectivity index (χ4v) is 13.5. The van der Waals surface area contributed by atoms with Gasteiger partial charge in [-0.1, -0.05) is 88.4 Å². The normalized spacial score (nSPS) is 32.4. The maximum atomic E-state index is 13.4. The summed E-state index contributed by atoms with van der Waals surface area (Å²) < 4.78 is 25.3. The van der Waals surface area contributed by atoms with E-state index in [2.05, 4.69) is 76.2 Å². The van der Waals surface area contributed by atoms with E-state index < -0.39 is 42.7 Å². The molecule has 3 aliphatic rings. The molecule has 8 nitrogen and oxygen atoms in total. The summed E-state index contributed by atoms with van der Waals surface area (Å²) in [6, 6.07) is 21.1. The largest absolute Gasteiger partial charge is 0.462 e. The lowest BCUT2D eigenvalue weighted by molar-refractivity contribution is -0.545. The molecule has 1 heterocycles. The van der Waals surface area contributed by atoms with Gasteiger partial charge in [0.25, 0.3) is 8.32 Å². The molecule has 1 spiro atoms. The van der Waals surface area contributed by atoms with Gasteiger partial charge in [0, 0.05) is 25.0 Å². The molecule has 5 rings (SSSR count). The van der Waals surface area contributed by atoms with Gasteiger partial charge in [0.2, 0.25) is 5.79 Å². The van der Waals surface area contributed by atoms with E-state index >= 15 is 0 Å². The SMILES string of the molecule is COCO[C@@H]1CC[C@]23[C@@H](CO[Si](c4ccccc4)(c4ccccc4)C(C)(C)C)[C@H](C)[C@@H](OC(=O)C(C)(C)C)C[C@H]2C(C)(C)OO[C@]13O. The number of benzene rings is 2. The predicted molar refractivity (Wildman–Crippen MR) is 183 cm³/mol. The van der Waals surface area contributed by atoms with Crippen LogP contribution < -0.4 is 10.4 Å². The van der Waals surface area contributed by atoms with Crippen molar-refractivity contribution in [1.82, 2.24) is 0 Å². The van der Waals surface area contributed by atoms with Crippen LogP contribution in [0.15, 0.2) is 60.7 Å². The summed E-state index contributed by atoms with van der Waals surface area (Å²) in [7, 11) is -1.40. The van der Waals surface area contributed by atoms with E-state index in [1.54, 1.807) is 7.11 Å². The molecule has 0 aromatic heterocycles. The van der Waals surface area contributed by atoms with Crippen LogP contribution in [0.2, 0.25) is 5.04 Å². The average molecular weight is 669 g/mol. The van der Waals surface area contributed by atoms with Crippen LogP contribution in [0.4, 0.5) is 0 Å². The number of methoxy groups -OCH3 is 1. The standard InChI is InChI=1S/C38H56O8Si/c1-26-29(24-43-47(35(5,6)7,27-17-13-11-14-18-27)28-19-15-12-16-20-28)37-22-21-32(42-25-41-10)38(37,40)46-45-36(8,9)31(37)23-30(26)44-33(39)34(2,3)4/h11-20,26,29-32,40H,21-25H2,1-10H3/t26-,29-,30-,31-,32+,37-,38+/m0/s1. The second-order valence-corrected chi connectivity index (χ2v) is 20.8. The van der Waals surface area contributed by atoms with Crippen LogP contribution in [0.3, 0.4) is 0 Å². The summed E-state index contributed by atoms with van der Waals surface area (Å²) in [5, 5.41) is 14.9. The van der Waals surface area contributed by atoms with Crippen LogP contribution in [0, 0.1) is 28.6 Å². The number of aliphatic hydroxyl groups is 1. The van der Waals surface area contributed by atoms with Crippen molar-refractivity contribution in [3.05, 3.63) is 60.7 Å². The van der Waals surface area contributed by atoms with E-state index in [9.17, 15) is 9.90 Å². The highest BCUT2D eigenvalue weighted by molar-refractivity contribution is 6.99. The molecule has 0 unspecified atom stereocenters. The van der Waals surface area contributed by atoms with Crippen molar-refractivity contribution in [1.29, 1.82) is 0 Å². The number of rotatable bonds is 9. The van der Waals surface area contributed by atoms with Gasteiger partial charge in [-0.3, -0.25) is 4.79 Å². The average Bonchev–Trinajstić information content (AvgIpc) is 3.30. The van der Waals surface area contributed by atoms with Gasteiger partial charge in [0.05, 0.1) is 5.41 Å². The molecule has 0 bridgehead atoms. The predicted octanol–water partition coefficient (Wildman–Crippen LogP) is 5.99. The number of carbonyl (C=O) groups excluding carboxylic acids is 1. The molecule has 7 atom stereocenters. The Balaban J connectivity index is 1.67. The molecule has 2 aromatic rings. The summed E-state index contributed by atoms with van der Waals surface area (Å²) in [6.07, 6.45) is 0.638. The van der Waals surface area contributed by atoms with Crippen molar-refractivity contribution in [2.75, 3.05) is 20.5 Å². The van der Waals surface area contributed by atoms with Gasteiger partial charge in [-0.05, 0) is 81.1 Å². The monoisotopic (exact) mass is 668 g/mol. The van der Waals surface area contributed by atoms with E-state index in [1.165, 1.54) is 10.4 Å². The molecule has 0 radical (unpaired) electrons. The first-order chi connectivity index (χ1) is 22.0. The van der Waals surface area contributed by atoms with Crippen LogP contribution in [0.25, 0.3) is 0 Å². The molecule has 1 saturated heterocycles. The molecule has 2 aromatic carbocycles. The fourth-order valence-electron chi connectivity index (χ4n) is 8.92. The van der Waals surface area contributed by atoms with Crippen molar-refractivity contribution in [3.63, 3.8) is 0 Å². The molecule has 3 fully saturated rings. The van der Waals surface area contributed by atoms with Gasteiger partial charge in [0.15, 0.2) is 0 Å². The molecular weight excluding hydrogens is 612 g/mol. The highest BCUT2D eigenvalue weighted by Gasteiger charge is 2.76. The van der Waals surface area contributed by atoms with Crippen molar-refractivity contribution >= 4 is 24.7 Å². The minimum Gasteiger partial charge on any atom is -0.462 e. The maximum absolute atomic E-state index is 13.4. The van der Waals surface area contributed by atoms with Gasteiger partial charge < -0.3 is 23.7 Å². The second kappa shape index (κ2) is 13.0. The van der Waals surface area contributed by atoms with E-state index in [0.717, 1.165) is 0 Å². The summed E-state index contributed by atoms with van der Waals surface area (Å²) in [5.74, 6) is -2.68. The van der Waals surface area contributed by atoms with Crippen LogP contribution in [0.1, 0.15) is 81.6 Å². The van der Waals surface area contributed by atoms with Crippen molar-refractivity contribution < 1.29 is 38.3 Å². The van der Waals surface area contributed by atoms with Gasteiger partial charge in [-0.25, -0.2) is 4.89 Å². The summed E-state index contributed by atoms with van der Waals surface area (Å²) in [4.78, 5) is 25.6. The smallest absolute Gasteiger partial charge is 0.311 e. The minimum absolute atomic E-state index is 0.0189. The van der Waals surface area contributed by atoms with Gasteiger partial charge in [-0.15, -0.1) is 0 Å². The number of esters is 1. The quantitative estimate of drug-likeness (QED) is 0.151. The highest BCUT2D eigenvalue weighted by atomic mass is 28.4. The lowest BCUT2D eigenvalue weighted by Gasteiger charge is -2.64. The summed E-state index contributed by atoms with van der Waals surface area (Å²) in [5.41, 5.74) is -2.27. The van der Waals surface area contributed by atoms with Gasteiger partial charge in [-0.2, -0.15) is 4.89 Å². The van der Waals surface area contributed by atoms with E-state index in [4.69, 9.17) is 28.4 Å².